The Morgan fingerprint density at radius 1 is 1.47 bits per heavy atom. The second-order valence-corrected chi connectivity index (χ2v) is 5.00. The van der Waals surface area contributed by atoms with Crippen molar-refractivity contribution in [2.75, 3.05) is 0 Å². The molecule has 1 saturated carbocycles. The maximum absolute atomic E-state index is 11.3. The van der Waals surface area contributed by atoms with E-state index in [-0.39, 0.29) is 17.2 Å². The van der Waals surface area contributed by atoms with Crippen molar-refractivity contribution in [3.63, 3.8) is 0 Å². The summed E-state index contributed by atoms with van der Waals surface area (Å²) in [5, 5.41) is 1.11. The molecule has 0 spiro atoms. The van der Waals surface area contributed by atoms with Crippen molar-refractivity contribution in [3.05, 3.63) is 42.1 Å². The molecular formula is C14H14N2O. The molecule has 0 bridgehead atoms. The lowest BCUT2D eigenvalue weighted by Crippen LogP contribution is -2.23. The molecule has 2 atom stereocenters. The molecule has 1 aromatic heterocycles. The lowest BCUT2D eigenvalue weighted by Gasteiger charge is -2.06. The van der Waals surface area contributed by atoms with E-state index in [4.69, 9.17) is 5.73 Å². The minimum atomic E-state index is -0.371. The van der Waals surface area contributed by atoms with Gasteiger partial charge in [-0.25, -0.2) is 0 Å². The van der Waals surface area contributed by atoms with Gasteiger partial charge >= 0.3 is 0 Å². The Morgan fingerprint density at radius 3 is 2.94 bits per heavy atom. The van der Waals surface area contributed by atoms with Crippen molar-refractivity contribution in [1.29, 1.82) is 0 Å². The number of nitrogens with two attached hydrogens (primary N) is 1. The fourth-order valence-corrected chi connectivity index (χ4v) is 2.40. The minimum Gasteiger partial charge on any atom is -0.369 e. The lowest BCUT2D eigenvalue weighted by molar-refractivity contribution is -0.122. The van der Waals surface area contributed by atoms with Gasteiger partial charge in [-0.3, -0.25) is 9.78 Å². The van der Waals surface area contributed by atoms with Crippen LogP contribution in [-0.4, -0.2) is 10.9 Å². The van der Waals surface area contributed by atoms with Crippen molar-refractivity contribution >= 4 is 16.8 Å². The summed E-state index contributed by atoms with van der Waals surface area (Å²) >= 11 is 0. The molecule has 3 nitrogen and oxygen atoms in total. The zero-order valence-electron chi connectivity index (χ0n) is 9.68. The summed E-state index contributed by atoms with van der Waals surface area (Å²) in [5.41, 5.74) is 7.14. The molecule has 0 saturated heterocycles. The minimum absolute atomic E-state index is 0.212. The summed E-state index contributed by atoms with van der Waals surface area (Å²) < 4.78 is 0. The molecule has 2 N–H and O–H groups in total. The highest BCUT2D eigenvalue weighted by atomic mass is 16.1. The van der Waals surface area contributed by atoms with Crippen molar-refractivity contribution < 1.29 is 4.79 Å². The number of hydrogen-bond acceptors (Lipinski definition) is 2. The van der Waals surface area contributed by atoms with Gasteiger partial charge in [0.15, 0.2) is 0 Å². The van der Waals surface area contributed by atoms with E-state index in [1.165, 1.54) is 0 Å². The van der Waals surface area contributed by atoms with Gasteiger partial charge in [-0.1, -0.05) is 25.1 Å². The van der Waals surface area contributed by atoms with Crippen molar-refractivity contribution in [2.45, 2.75) is 19.3 Å². The number of carbonyl (C=O) groups excluding carboxylic acids is 1. The van der Waals surface area contributed by atoms with E-state index >= 15 is 0 Å². The van der Waals surface area contributed by atoms with Gasteiger partial charge in [0.05, 0.1) is 10.9 Å². The number of nitrogens with zero attached hydrogens (tertiary/aromatic N) is 1. The first-order valence-corrected chi connectivity index (χ1v) is 5.76. The zero-order chi connectivity index (χ0) is 12.0. The highest BCUT2D eigenvalue weighted by Gasteiger charge is 2.55. The topological polar surface area (TPSA) is 56.0 Å². The van der Waals surface area contributed by atoms with Crippen molar-refractivity contribution in [3.8, 4) is 0 Å². The molecule has 1 aromatic carbocycles. The maximum atomic E-state index is 11.3. The highest BCUT2D eigenvalue weighted by molar-refractivity contribution is 5.86. The summed E-state index contributed by atoms with van der Waals surface area (Å²) in [6.07, 6.45) is 2.70. The van der Waals surface area contributed by atoms with E-state index in [0.29, 0.717) is 0 Å². The first-order valence-electron chi connectivity index (χ1n) is 5.76. The van der Waals surface area contributed by atoms with E-state index in [9.17, 15) is 4.79 Å². The smallest absolute Gasteiger partial charge is 0.223 e. The van der Waals surface area contributed by atoms with Crippen LogP contribution in [0.2, 0.25) is 0 Å². The summed E-state index contributed by atoms with van der Waals surface area (Å²) in [5.74, 6) is 0.0211. The number of primary amides is 1. The number of carbonyl (C=O) groups is 1. The molecule has 1 heterocycles. The van der Waals surface area contributed by atoms with Gasteiger partial charge in [-0.15, -0.1) is 0 Å². The molecule has 0 aliphatic heterocycles. The van der Waals surface area contributed by atoms with Crippen molar-refractivity contribution in [2.24, 2.45) is 11.1 Å². The van der Waals surface area contributed by atoms with Crippen LogP contribution >= 0.6 is 0 Å². The van der Waals surface area contributed by atoms with Gasteiger partial charge in [0, 0.05) is 17.5 Å². The summed E-state index contributed by atoms with van der Waals surface area (Å²) in [4.78, 5) is 15.7. The molecule has 0 radical (unpaired) electrons. The Bertz CT molecular complexity index is 608. The average Bonchev–Trinajstić information content (AvgIpc) is 3.03. The van der Waals surface area contributed by atoms with Gasteiger partial charge in [0.25, 0.3) is 0 Å². The molecule has 2 unspecified atom stereocenters. The molecule has 86 valence electrons. The number of fused-ring (bicyclic) bond motifs is 1. The number of pyridine rings is 1. The van der Waals surface area contributed by atoms with Crippen LogP contribution in [0, 0.1) is 5.41 Å². The van der Waals surface area contributed by atoms with Crippen LogP contribution in [0.1, 0.15) is 24.8 Å². The van der Waals surface area contributed by atoms with E-state index < -0.39 is 0 Å². The Hall–Kier alpha value is -1.90. The van der Waals surface area contributed by atoms with Crippen LogP contribution in [0.5, 0.6) is 0 Å². The third kappa shape index (κ3) is 1.50. The summed E-state index contributed by atoms with van der Waals surface area (Å²) in [6, 6.07) is 10.1. The average molecular weight is 226 g/mol. The zero-order valence-corrected chi connectivity index (χ0v) is 9.68. The quantitative estimate of drug-likeness (QED) is 0.853. The predicted molar refractivity (Wildman–Crippen MR) is 66.4 cm³/mol. The Balaban J connectivity index is 2.01. The second-order valence-electron chi connectivity index (χ2n) is 5.00. The van der Waals surface area contributed by atoms with E-state index in [1.54, 1.807) is 0 Å². The third-order valence-electron chi connectivity index (χ3n) is 3.81. The maximum Gasteiger partial charge on any atom is 0.223 e. The Labute approximate surface area is 99.7 Å². The van der Waals surface area contributed by atoms with Gasteiger partial charge in [-0.2, -0.15) is 0 Å². The van der Waals surface area contributed by atoms with Crippen LogP contribution < -0.4 is 5.73 Å². The molecule has 17 heavy (non-hydrogen) atoms. The molecule has 1 fully saturated rings. The fraction of sp³-hybridized carbons (Fsp3) is 0.286. The van der Waals surface area contributed by atoms with E-state index in [2.05, 4.69) is 11.1 Å². The number of rotatable bonds is 2. The van der Waals surface area contributed by atoms with Crippen molar-refractivity contribution in [1.82, 2.24) is 4.98 Å². The highest BCUT2D eigenvalue weighted by Crippen LogP contribution is 2.58. The monoisotopic (exact) mass is 226 g/mol. The Morgan fingerprint density at radius 2 is 2.24 bits per heavy atom. The number of hydrogen-bond donors (Lipinski definition) is 1. The van der Waals surface area contributed by atoms with Gasteiger partial charge in [-0.05, 0) is 24.1 Å². The molecule has 2 aromatic rings. The van der Waals surface area contributed by atoms with Gasteiger partial charge < -0.3 is 5.73 Å². The number of benzene rings is 1. The lowest BCUT2D eigenvalue weighted by atomic mass is 10.0. The molecule has 1 amide bonds. The fourth-order valence-electron chi connectivity index (χ4n) is 2.40. The summed E-state index contributed by atoms with van der Waals surface area (Å²) in [7, 11) is 0. The SMILES string of the molecule is CC1(C(N)=O)CC1c1cnc2ccccc2c1. The second kappa shape index (κ2) is 3.29. The van der Waals surface area contributed by atoms with E-state index in [0.717, 1.165) is 22.9 Å². The predicted octanol–water partition coefficient (Wildman–Crippen LogP) is 2.21. The molecule has 1 aliphatic carbocycles. The van der Waals surface area contributed by atoms with Gasteiger partial charge in [0.2, 0.25) is 5.91 Å². The van der Waals surface area contributed by atoms with Crippen LogP contribution in [0.3, 0.4) is 0 Å². The van der Waals surface area contributed by atoms with E-state index in [1.807, 2.05) is 37.4 Å². The molecule has 3 rings (SSSR count). The first-order chi connectivity index (χ1) is 8.11. The van der Waals surface area contributed by atoms with Crippen LogP contribution in [0.15, 0.2) is 36.5 Å². The molecule has 1 aliphatic rings. The molecule has 3 heteroatoms. The Kier molecular flexibility index (Phi) is 1.99. The van der Waals surface area contributed by atoms with Crippen LogP contribution in [0.25, 0.3) is 10.9 Å². The number of aromatic nitrogens is 1. The van der Waals surface area contributed by atoms with Crippen LogP contribution in [-0.2, 0) is 4.79 Å². The molecular weight excluding hydrogens is 212 g/mol. The number of amides is 1. The summed E-state index contributed by atoms with van der Waals surface area (Å²) in [6.45, 7) is 1.93. The largest absolute Gasteiger partial charge is 0.369 e. The first kappa shape index (κ1) is 10.3. The normalized spacial score (nSPS) is 27.0. The van der Waals surface area contributed by atoms with Gasteiger partial charge in [0.1, 0.15) is 0 Å². The third-order valence-corrected chi connectivity index (χ3v) is 3.81. The number of para-hydroxylation sites is 1. The van der Waals surface area contributed by atoms with Crippen LogP contribution in [0.4, 0.5) is 0 Å². The standard InChI is InChI=1S/C14H14N2O/c1-14(13(15)17)7-11(14)10-6-9-4-2-3-5-12(9)16-8-10/h2-6,8,11H,7H2,1H3,(H2,15,17).